The molecule has 3 heteroatoms. The Labute approximate surface area is 90.9 Å². The fourth-order valence-electron chi connectivity index (χ4n) is 1.52. The van der Waals surface area contributed by atoms with E-state index in [1.807, 2.05) is 19.9 Å². The van der Waals surface area contributed by atoms with E-state index < -0.39 is 0 Å². The van der Waals surface area contributed by atoms with Crippen LogP contribution in [0, 0.1) is 13.8 Å². The van der Waals surface area contributed by atoms with E-state index in [0.29, 0.717) is 12.6 Å². The van der Waals surface area contributed by atoms with Gasteiger partial charge in [0.05, 0.1) is 0 Å². The maximum Gasteiger partial charge on any atom is 0.252 e. The molecule has 0 aliphatic carbocycles. The fourth-order valence-corrected chi connectivity index (χ4v) is 1.52. The molecule has 15 heavy (non-hydrogen) atoms. The first kappa shape index (κ1) is 12.0. The Morgan fingerprint density at radius 1 is 1.47 bits per heavy atom. The molecular weight excluding hydrogens is 188 g/mol. The minimum atomic E-state index is 0.0308. The second kappa shape index (κ2) is 5.12. The van der Waals surface area contributed by atoms with Gasteiger partial charge in [-0.05, 0) is 38.8 Å². The van der Waals surface area contributed by atoms with Crippen molar-refractivity contribution in [2.24, 2.45) is 0 Å². The summed E-state index contributed by atoms with van der Waals surface area (Å²) in [5.41, 5.74) is 2.86. The minimum absolute atomic E-state index is 0.0308. The third-order valence-corrected chi connectivity index (χ3v) is 2.73. The molecule has 0 aromatic carbocycles. The summed E-state index contributed by atoms with van der Waals surface area (Å²) in [6.45, 7) is 8.79. The van der Waals surface area contributed by atoms with Gasteiger partial charge in [0, 0.05) is 23.8 Å². The molecular formula is C12H20N2O. The zero-order valence-corrected chi connectivity index (χ0v) is 9.98. The summed E-state index contributed by atoms with van der Waals surface area (Å²) in [5, 5.41) is 3.33. The molecule has 0 saturated heterocycles. The molecule has 1 unspecified atom stereocenters. The van der Waals surface area contributed by atoms with E-state index >= 15 is 0 Å². The van der Waals surface area contributed by atoms with Gasteiger partial charge in [-0.3, -0.25) is 4.79 Å². The Kier molecular flexibility index (Phi) is 4.09. The minimum Gasteiger partial charge on any atom is -0.326 e. The number of hydrogen-bond acceptors (Lipinski definition) is 2. The molecule has 1 rings (SSSR count). The van der Waals surface area contributed by atoms with Gasteiger partial charge in [-0.1, -0.05) is 6.92 Å². The van der Waals surface area contributed by atoms with E-state index in [1.54, 1.807) is 0 Å². The van der Waals surface area contributed by atoms with Crippen LogP contribution in [0.5, 0.6) is 0 Å². The van der Waals surface area contributed by atoms with Gasteiger partial charge in [0.2, 0.25) is 0 Å². The van der Waals surface area contributed by atoms with Gasteiger partial charge in [0.15, 0.2) is 0 Å². The molecule has 84 valence electrons. The molecule has 0 aliphatic heterocycles. The zero-order valence-electron chi connectivity index (χ0n) is 9.98. The van der Waals surface area contributed by atoms with Crippen LogP contribution in [-0.2, 0) is 6.54 Å². The van der Waals surface area contributed by atoms with Crippen molar-refractivity contribution in [1.29, 1.82) is 0 Å². The van der Waals surface area contributed by atoms with E-state index in [9.17, 15) is 4.79 Å². The van der Waals surface area contributed by atoms with Gasteiger partial charge in [-0.15, -0.1) is 0 Å². The lowest BCUT2D eigenvalue weighted by Gasteiger charge is -2.12. The van der Waals surface area contributed by atoms with Crippen LogP contribution in [0.4, 0.5) is 0 Å². The predicted molar refractivity (Wildman–Crippen MR) is 63.1 cm³/mol. The van der Waals surface area contributed by atoms with Crippen LogP contribution in [0.1, 0.15) is 37.1 Å². The molecule has 0 bridgehead atoms. The molecule has 1 aromatic rings. The first-order valence-electron chi connectivity index (χ1n) is 5.47. The molecule has 1 heterocycles. The van der Waals surface area contributed by atoms with E-state index in [2.05, 4.69) is 24.1 Å². The van der Waals surface area contributed by atoms with E-state index in [0.717, 1.165) is 23.2 Å². The largest absolute Gasteiger partial charge is 0.326 e. The van der Waals surface area contributed by atoms with Crippen molar-refractivity contribution in [1.82, 2.24) is 10.3 Å². The molecule has 0 amide bonds. The van der Waals surface area contributed by atoms with E-state index in [-0.39, 0.29) is 5.56 Å². The maximum absolute atomic E-state index is 11.7. The Morgan fingerprint density at radius 3 is 2.67 bits per heavy atom. The molecule has 0 radical (unpaired) electrons. The standard InChI is InChI=1S/C12H20N2O/c1-5-9(3)13-7-11-8(2)6-10(4)14-12(11)15/h6,9,13H,5,7H2,1-4H3,(H,14,15). The number of hydrogen-bond donors (Lipinski definition) is 2. The number of rotatable bonds is 4. The number of aromatic amines is 1. The number of nitrogens with one attached hydrogen (secondary N) is 2. The number of aryl methyl sites for hydroxylation is 2. The number of H-pyrrole nitrogens is 1. The molecule has 1 aromatic heterocycles. The van der Waals surface area contributed by atoms with Crippen LogP contribution in [-0.4, -0.2) is 11.0 Å². The van der Waals surface area contributed by atoms with Crippen LogP contribution < -0.4 is 10.9 Å². The SMILES string of the molecule is CCC(C)NCc1c(C)cc(C)[nH]c1=O. The first-order valence-corrected chi connectivity index (χ1v) is 5.47. The van der Waals surface area contributed by atoms with Crippen LogP contribution in [0.3, 0.4) is 0 Å². The highest BCUT2D eigenvalue weighted by atomic mass is 16.1. The van der Waals surface area contributed by atoms with Crippen molar-refractivity contribution in [3.8, 4) is 0 Å². The van der Waals surface area contributed by atoms with Crippen LogP contribution in [0.2, 0.25) is 0 Å². The highest BCUT2D eigenvalue weighted by Gasteiger charge is 2.06. The predicted octanol–water partition coefficient (Wildman–Crippen LogP) is 1.88. The van der Waals surface area contributed by atoms with Crippen molar-refractivity contribution in [2.75, 3.05) is 0 Å². The van der Waals surface area contributed by atoms with E-state index in [1.165, 1.54) is 0 Å². The van der Waals surface area contributed by atoms with Crippen LogP contribution >= 0.6 is 0 Å². The maximum atomic E-state index is 11.7. The van der Waals surface area contributed by atoms with E-state index in [4.69, 9.17) is 0 Å². The third kappa shape index (κ3) is 3.20. The summed E-state index contributed by atoms with van der Waals surface area (Å²) in [5.74, 6) is 0. The Balaban J connectivity index is 2.82. The van der Waals surface area contributed by atoms with Gasteiger partial charge in [0.1, 0.15) is 0 Å². The number of aromatic nitrogens is 1. The molecule has 3 nitrogen and oxygen atoms in total. The van der Waals surface area contributed by atoms with Gasteiger partial charge >= 0.3 is 0 Å². The van der Waals surface area contributed by atoms with Crippen molar-refractivity contribution in [3.05, 3.63) is 33.2 Å². The van der Waals surface area contributed by atoms with Gasteiger partial charge in [0.25, 0.3) is 5.56 Å². The Bertz CT molecular complexity index is 382. The molecule has 0 saturated carbocycles. The average molecular weight is 208 g/mol. The van der Waals surface area contributed by atoms with Gasteiger partial charge in [-0.25, -0.2) is 0 Å². The molecule has 1 atom stereocenters. The molecule has 0 fully saturated rings. The van der Waals surface area contributed by atoms with Gasteiger partial charge < -0.3 is 10.3 Å². The topological polar surface area (TPSA) is 44.9 Å². The first-order chi connectivity index (χ1) is 7.04. The van der Waals surface area contributed by atoms with Crippen molar-refractivity contribution < 1.29 is 0 Å². The van der Waals surface area contributed by atoms with Crippen molar-refractivity contribution in [2.45, 2.75) is 46.7 Å². The highest BCUT2D eigenvalue weighted by Crippen LogP contribution is 2.03. The highest BCUT2D eigenvalue weighted by molar-refractivity contribution is 5.24. The van der Waals surface area contributed by atoms with Crippen molar-refractivity contribution >= 4 is 0 Å². The molecule has 2 N–H and O–H groups in total. The summed E-state index contributed by atoms with van der Waals surface area (Å²) in [6, 6.07) is 2.46. The summed E-state index contributed by atoms with van der Waals surface area (Å²) < 4.78 is 0. The lowest BCUT2D eigenvalue weighted by Crippen LogP contribution is -2.29. The molecule has 0 aliphatic rings. The zero-order chi connectivity index (χ0) is 11.4. The second-order valence-electron chi connectivity index (χ2n) is 4.13. The van der Waals surface area contributed by atoms with Crippen LogP contribution in [0.25, 0.3) is 0 Å². The summed E-state index contributed by atoms with van der Waals surface area (Å²) in [4.78, 5) is 14.5. The summed E-state index contributed by atoms with van der Waals surface area (Å²) in [7, 11) is 0. The quantitative estimate of drug-likeness (QED) is 0.793. The lowest BCUT2D eigenvalue weighted by molar-refractivity contribution is 0.531. The Morgan fingerprint density at radius 2 is 2.13 bits per heavy atom. The van der Waals surface area contributed by atoms with Gasteiger partial charge in [-0.2, -0.15) is 0 Å². The Hall–Kier alpha value is -1.09. The fraction of sp³-hybridized carbons (Fsp3) is 0.583. The second-order valence-corrected chi connectivity index (χ2v) is 4.13. The third-order valence-electron chi connectivity index (χ3n) is 2.73. The van der Waals surface area contributed by atoms with Crippen molar-refractivity contribution in [3.63, 3.8) is 0 Å². The lowest BCUT2D eigenvalue weighted by atomic mass is 10.1. The number of pyridine rings is 1. The average Bonchev–Trinajstić information content (AvgIpc) is 2.15. The summed E-state index contributed by atoms with van der Waals surface area (Å²) >= 11 is 0. The normalized spacial score (nSPS) is 12.8. The summed E-state index contributed by atoms with van der Waals surface area (Å²) in [6.07, 6.45) is 1.07. The monoisotopic (exact) mass is 208 g/mol. The van der Waals surface area contributed by atoms with Crippen LogP contribution in [0.15, 0.2) is 10.9 Å². The molecule has 0 spiro atoms. The smallest absolute Gasteiger partial charge is 0.252 e.